The Kier molecular flexibility index (Phi) is 11.7. The Morgan fingerprint density at radius 3 is 2.48 bits per heavy atom. The molecule has 0 radical (unpaired) electrons. The Hall–Kier alpha value is -2.39. The number of nitrogens with one attached hydrogen (secondary N) is 2. The quantitative estimate of drug-likeness (QED) is 0.157. The molecule has 3 aromatic rings. The van der Waals surface area contributed by atoms with Crippen LogP contribution in [-0.2, 0) is 17.9 Å². The number of benzene rings is 2. The molecule has 0 atom stereocenters. The van der Waals surface area contributed by atoms with Gasteiger partial charge in [0.1, 0.15) is 12.0 Å². The molecule has 2 aromatic carbocycles. The van der Waals surface area contributed by atoms with Gasteiger partial charge in [0.2, 0.25) is 5.89 Å². The van der Waals surface area contributed by atoms with Crippen LogP contribution in [0.25, 0.3) is 11.5 Å². The third-order valence-corrected chi connectivity index (χ3v) is 4.44. The highest BCUT2D eigenvalue weighted by molar-refractivity contribution is 14.0. The molecule has 6 nitrogen and oxygen atoms in total. The van der Waals surface area contributed by atoms with Crippen molar-refractivity contribution in [3.05, 3.63) is 78.2 Å². The second-order valence-electron chi connectivity index (χ2n) is 6.88. The van der Waals surface area contributed by atoms with Crippen molar-refractivity contribution >= 4 is 29.9 Å². The molecule has 0 aliphatic heterocycles. The Balaban J connectivity index is 0.00000341. The monoisotopic (exact) mass is 534 g/mol. The normalized spacial score (nSPS) is 11.1. The number of halogens is 1. The number of hydrogen-bond donors (Lipinski definition) is 2. The average Bonchev–Trinajstić information content (AvgIpc) is 3.27. The van der Waals surface area contributed by atoms with Gasteiger partial charge in [-0.15, -0.1) is 24.0 Å². The summed E-state index contributed by atoms with van der Waals surface area (Å²) in [5.41, 5.74) is 2.98. The second kappa shape index (κ2) is 14.6. The number of aromatic nitrogens is 1. The SMILES string of the molecule is CCNC(=NCc1coc(-c2ccccc2)n1)NCCCCOCc1ccccc1.I. The predicted octanol–water partition coefficient (Wildman–Crippen LogP) is 5.01. The van der Waals surface area contributed by atoms with Crippen LogP contribution in [0.4, 0.5) is 0 Å². The number of aliphatic imine (C=N–C) groups is 1. The molecule has 7 heteroatoms. The zero-order valence-electron chi connectivity index (χ0n) is 17.9. The standard InChI is InChI=1S/C24H30N4O2.HI/c1-2-25-24(26-15-9-10-16-29-18-20-11-5-3-6-12-20)27-17-22-19-30-23(28-22)21-13-7-4-8-14-21;/h3-8,11-14,19H,2,9-10,15-18H2,1H3,(H2,25,26,27);1H. The predicted molar refractivity (Wildman–Crippen MR) is 136 cm³/mol. The summed E-state index contributed by atoms with van der Waals surface area (Å²) in [4.78, 5) is 9.13. The van der Waals surface area contributed by atoms with E-state index < -0.39 is 0 Å². The van der Waals surface area contributed by atoms with E-state index in [4.69, 9.17) is 9.15 Å². The largest absolute Gasteiger partial charge is 0.444 e. The van der Waals surface area contributed by atoms with E-state index in [-0.39, 0.29) is 24.0 Å². The van der Waals surface area contributed by atoms with Crippen LogP contribution < -0.4 is 10.6 Å². The van der Waals surface area contributed by atoms with Crippen molar-refractivity contribution in [1.82, 2.24) is 15.6 Å². The smallest absolute Gasteiger partial charge is 0.226 e. The first-order valence-electron chi connectivity index (χ1n) is 10.5. The first-order chi connectivity index (χ1) is 14.8. The van der Waals surface area contributed by atoms with Crippen LogP contribution in [0.1, 0.15) is 31.0 Å². The molecular weight excluding hydrogens is 503 g/mol. The van der Waals surface area contributed by atoms with Crippen molar-refractivity contribution in [3.63, 3.8) is 0 Å². The highest BCUT2D eigenvalue weighted by Gasteiger charge is 2.06. The van der Waals surface area contributed by atoms with E-state index in [1.807, 2.05) is 48.5 Å². The van der Waals surface area contributed by atoms with Gasteiger partial charge in [-0.1, -0.05) is 48.5 Å². The maximum atomic E-state index is 5.73. The lowest BCUT2D eigenvalue weighted by Gasteiger charge is -2.11. The van der Waals surface area contributed by atoms with E-state index in [2.05, 4.69) is 39.7 Å². The fraction of sp³-hybridized carbons (Fsp3) is 0.333. The number of hydrogen-bond acceptors (Lipinski definition) is 4. The fourth-order valence-electron chi connectivity index (χ4n) is 2.89. The van der Waals surface area contributed by atoms with Gasteiger partial charge in [0.15, 0.2) is 5.96 Å². The van der Waals surface area contributed by atoms with Crippen LogP contribution in [0.2, 0.25) is 0 Å². The topological polar surface area (TPSA) is 71.7 Å². The molecule has 0 aliphatic rings. The number of unbranched alkanes of at least 4 members (excludes halogenated alkanes) is 1. The number of rotatable bonds is 11. The molecule has 0 aliphatic carbocycles. The number of guanidine groups is 1. The summed E-state index contributed by atoms with van der Waals surface area (Å²) in [7, 11) is 0. The van der Waals surface area contributed by atoms with Crippen LogP contribution in [0.15, 0.2) is 76.3 Å². The number of ether oxygens (including phenoxy) is 1. The molecule has 1 heterocycles. The molecule has 0 bridgehead atoms. The molecule has 1 aromatic heterocycles. The van der Waals surface area contributed by atoms with Gasteiger partial charge in [-0.25, -0.2) is 9.98 Å². The lowest BCUT2D eigenvalue weighted by Crippen LogP contribution is -2.37. The van der Waals surface area contributed by atoms with Gasteiger partial charge in [0.05, 0.1) is 13.2 Å². The van der Waals surface area contributed by atoms with E-state index in [0.29, 0.717) is 19.0 Å². The summed E-state index contributed by atoms with van der Waals surface area (Å²) in [6, 6.07) is 20.1. The van der Waals surface area contributed by atoms with E-state index in [9.17, 15) is 0 Å². The highest BCUT2D eigenvalue weighted by Crippen LogP contribution is 2.18. The maximum Gasteiger partial charge on any atom is 0.226 e. The lowest BCUT2D eigenvalue weighted by atomic mass is 10.2. The zero-order chi connectivity index (χ0) is 20.9. The van der Waals surface area contributed by atoms with Crippen molar-refractivity contribution in [2.45, 2.75) is 32.9 Å². The Labute approximate surface area is 201 Å². The van der Waals surface area contributed by atoms with E-state index in [0.717, 1.165) is 49.8 Å². The molecule has 0 saturated carbocycles. The van der Waals surface area contributed by atoms with E-state index in [1.165, 1.54) is 5.56 Å². The number of oxazole rings is 1. The molecule has 0 unspecified atom stereocenters. The third-order valence-electron chi connectivity index (χ3n) is 4.44. The van der Waals surface area contributed by atoms with Gasteiger partial charge >= 0.3 is 0 Å². The highest BCUT2D eigenvalue weighted by atomic mass is 127. The van der Waals surface area contributed by atoms with Gasteiger partial charge < -0.3 is 19.8 Å². The van der Waals surface area contributed by atoms with Crippen LogP contribution >= 0.6 is 24.0 Å². The molecule has 0 spiro atoms. The molecular formula is C24H31IN4O2. The van der Waals surface area contributed by atoms with E-state index in [1.54, 1.807) is 6.26 Å². The van der Waals surface area contributed by atoms with Gasteiger partial charge in [-0.3, -0.25) is 0 Å². The van der Waals surface area contributed by atoms with Crippen molar-refractivity contribution in [2.24, 2.45) is 4.99 Å². The summed E-state index contributed by atoms with van der Waals surface area (Å²) >= 11 is 0. The maximum absolute atomic E-state index is 5.73. The average molecular weight is 534 g/mol. The second-order valence-corrected chi connectivity index (χ2v) is 6.88. The van der Waals surface area contributed by atoms with Crippen LogP contribution in [0.3, 0.4) is 0 Å². The Morgan fingerprint density at radius 1 is 1.00 bits per heavy atom. The molecule has 3 rings (SSSR count). The summed E-state index contributed by atoms with van der Waals surface area (Å²) in [5.74, 6) is 1.40. The minimum Gasteiger partial charge on any atom is -0.444 e. The summed E-state index contributed by atoms with van der Waals surface area (Å²) < 4.78 is 11.3. The first-order valence-corrected chi connectivity index (χ1v) is 10.5. The third kappa shape index (κ3) is 9.10. The number of nitrogens with zero attached hydrogens (tertiary/aromatic N) is 2. The Morgan fingerprint density at radius 2 is 1.74 bits per heavy atom. The minimum atomic E-state index is 0. The van der Waals surface area contributed by atoms with Gasteiger partial charge in [0, 0.05) is 25.3 Å². The summed E-state index contributed by atoms with van der Waals surface area (Å²) in [6.45, 7) is 5.59. The van der Waals surface area contributed by atoms with Crippen LogP contribution in [-0.4, -0.2) is 30.6 Å². The van der Waals surface area contributed by atoms with Crippen molar-refractivity contribution in [2.75, 3.05) is 19.7 Å². The first kappa shape index (κ1) is 24.9. The molecule has 0 amide bonds. The van der Waals surface area contributed by atoms with Crippen molar-refractivity contribution in [3.8, 4) is 11.5 Å². The summed E-state index contributed by atoms with van der Waals surface area (Å²) in [5, 5.41) is 6.63. The minimum absolute atomic E-state index is 0. The van der Waals surface area contributed by atoms with E-state index >= 15 is 0 Å². The fourth-order valence-corrected chi connectivity index (χ4v) is 2.89. The van der Waals surface area contributed by atoms with Gasteiger partial charge in [-0.2, -0.15) is 0 Å². The molecule has 2 N–H and O–H groups in total. The van der Waals surface area contributed by atoms with Crippen LogP contribution in [0.5, 0.6) is 0 Å². The summed E-state index contributed by atoms with van der Waals surface area (Å²) in [6.07, 6.45) is 3.68. The lowest BCUT2D eigenvalue weighted by molar-refractivity contribution is 0.117. The van der Waals surface area contributed by atoms with Gasteiger partial charge in [-0.05, 0) is 37.5 Å². The van der Waals surface area contributed by atoms with Crippen molar-refractivity contribution < 1.29 is 9.15 Å². The zero-order valence-corrected chi connectivity index (χ0v) is 20.3. The molecule has 0 saturated heterocycles. The van der Waals surface area contributed by atoms with Crippen LogP contribution in [0, 0.1) is 0 Å². The molecule has 0 fully saturated rings. The molecule has 31 heavy (non-hydrogen) atoms. The molecule has 166 valence electrons. The Bertz CT molecular complexity index is 885. The van der Waals surface area contributed by atoms with Gasteiger partial charge in [0.25, 0.3) is 0 Å². The van der Waals surface area contributed by atoms with Crippen molar-refractivity contribution in [1.29, 1.82) is 0 Å².